The molecule has 2 aromatic rings. The van der Waals surface area contributed by atoms with Crippen molar-refractivity contribution >= 4 is 23.1 Å². The second-order valence-corrected chi connectivity index (χ2v) is 6.80. The van der Waals surface area contributed by atoms with E-state index in [-0.39, 0.29) is 11.9 Å². The largest absolute Gasteiger partial charge is 0.311 e. The van der Waals surface area contributed by atoms with Crippen LogP contribution in [-0.4, -0.2) is 29.3 Å². The van der Waals surface area contributed by atoms with Crippen LogP contribution in [0.25, 0.3) is 10.4 Å². The fourth-order valence-electron chi connectivity index (χ4n) is 3.14. The van der Waals surface area contributed by atoms with Crippen LogP contribution in [0.2, 0.25) is 0 Å². The van der Waals surface area contributed by atoms with Gasteiger partial charge < -0.3 is 10.6 Å². The number of nitrogens with one attached hydrogen (secondary N) is 2. The second kappa shape index (κ2) is 7.89. The zero-order chi connectivity index (χ0) is 17.8. The summed E-state index contributed by atoms with van der Waals surface area (Å²) in [7, 11) is 0. The molecule has 1 aromatic carbocycles. The first-order valence-corrected chi connectivity index (χ1v) is 9.73. The minimum absolute atomic E-state index is 0.0320. The van der Waals surface area contributed by atoms with Crippen LogP contribution in [0.4, 0.5) is 0 Å². The first-order valence-electron chi connectivity index (χ1n) is 8.85. The van der Waals surface area contributed by atoms with Gasteiger partial charge >= 0.3 is 0 Å². The van der Waals surface area contributed by atoms with E-state index in [2.05, 4.69) is 20.6 Å². The Bertz CT molecular complexity index is 760. The van der Waals surface area contributed by atoms with Crippen molar-refractivity contribution in [1.29, 1.82) is 0 Å². The molecule has 0 aliphatic carbocycles. The highest BCUT2D eigenvalue weighted by Crippen LogP contribution is 2.30. The Morgan fingerprint density at radius 2 is 1.96 bits per heavy atom. The maximum absolute atomic E-state index is 12.2. The Morgan fingerprint density at radius 3 is 2.56 bits per heavy atom. The molecule has 1 saturated heterocycles. The number of aromatic nitrogens is 1. The van der Waals surface area contributed by atoms with Crippen LogP contribution in [0.3, 0.4) is 0 Å². The summed E-state index contributed by atoms with van der Waals surface area (Å²) in [5.41, 5.74) is 4.96. The summed E-state index contributed by atoms with van der Waals surface area (Å²) < 4.78 is 0. The highest BCUT2D eigenvalue weighted by molar-refractivity contribution is 7.13. The molecule has 6 heteroatoms. The number of benzene rings is 1. The van der Waals surface area contributed by atoms with Gasteiger partial charge in [-0.3, -0.25) is 9.79 Å². The number of hydrogen-bond donors (Lipinski definition) is 2. The van der Waals surface area contributed by atoms with Gasteiger partial charge in [-0.15, -0.1) is 11.3 Å². The van der Waals surface area contributed by atoms with Crippen molar-refractivity contribution in [1.82, 2.24) is 15.6 Å². The maximum atomic E-state index is 12.2. The van der Waals surface area contributed by atoms with Crippen molar-refractivity contribution in [2.45, 2.75) is 45.7 Å². The van der Waals surface area contributed by atoms with E-state index in [1.807, 2.05) is 50.5 Å². The van der Waals surface area contributed by atoms with Crippen LogP contribution in [0.1, 0.15) is 44.0 Å². The van der Waals surface area contributed by atoms with Crippen LogP contribution >= 0.6 is 11.3 Å². The average Bonchev–Trinajstić information content (AvgIpc) is 3.38. The van der Waals surface area contributed by atoms with Gasteiger partial charge in [-0.25, -0.2) is 4.98 Å². The molecule has 1 fully saturated rings. The van der Waals surface area contributed by atoms with Gasteiger partial charge in [0.2, 0.25) is 0 Å². The number of amides is 1. The van der Waals surface area contributed by atoms with Gasteiger partial charge in [-0.2, -0.15) is 0 Å². The van der Waals surface area contributed by atoms with Gasteiger partial charge in [0.25, 0.3) is 5.91 Å². The summed E-state index contributed by atoms with van der Waals surface area (Å²) in [4.78, 5) is 22.3. The number of aliphatic imine (C=N–C) groups is 1. The van der Waals surface area contributed by atoms with Crippen molar-refractivity contribution in [3.8, 4) is 10.4 Å². The molecule has 3 heterocycles. The Morgan fingerprint density at radius 1 is 1.20 bits per heavy atom. The molecule has 0 bridgehead atoms. The van der Waals surface area contributed by atoms with Crippen LogP contribution in [0.5, 0.6) is 0 Å². The smallest absolute Gasteiger partial charge is 0.254 e. The van der Waals surface area contributed by atoms with Gasteiger partial charge in [0, 0.05) is 0 Å². The minimum Gasteiger partial charge on any atom is -0.311 e. The molecule has 1 aromatic heterocycles. The summed E-state index contributed by atoms with van der Waals surface area (Å²) in [6.45, 7) is 7.00. The molecular formula is C19H24N4OS. The van der Waals surface area contributed by atoms with E-state index in [1.54, 1.807) is 11.3 Å². The quantitative estimate of drug-likeness (QED) is 0.885. The van der Waals surface area contributed by atoms with Crippen molar-refractivity contribution < 1.29 is 4.79 Å². The molecule has 1 amide bonds. The molecule has 5 nitrogen and oxygen atoms in total. The predicted octanol–water partition coefficient (Wildman–Crippen LogP) is 3.47. The maximum Gasteiger partial charge on any atom is 0.254 e. The molecule has 0 saturated carbocycles. The molecule has 2 N–H and O–H groups in total. The SMILES string of the molecule is CC.Cc1ncsc1-c1ccc(C2N=C(C3CCCN3)NC2=O)cc1. The first kappa shape index (κ1) is 17.8. The van der Waals surface area contributed by atoms with Crippen molar-refractivity contribution in [3.63, 3.8) is 0 Å². The van der Waals surface area contributed by atoms with Crippen LogP contribution < -0.4 is 10.6 Å². The number of aryl methyl sites for hydroxylation is 1. The lowest BCUT2D eigenvalue weighted by Crippen LogP contribution is -2.39. The van der Waals surface area contributed by atoms with E-state index in [0.29, 0.717) is 0 Å². The molecular weight excluding hydrogens is 332 g/mol. The normalized spacial score (nSPS) is 22.2. The number of carbonyl (C=O) groups excluding carboxylic acids is 1. The van der Waals surface area contributed by atoms with Crippen LogP contribution in [0.15, 0.2) is 34.8 Å². The van der Waals surface area contributed by atoms with E-state index in [9.17, 15) is 4.79 Å². The van der Waals surface area contributed by atoms with Crippen LogP contribution in [0, 0.1) is 6.92 Å². The average molecular weight is 356 g/mol. The molecule has 4 rings (SSSR count). The highest BCUT2D eigenvalue weighted by Gasteiger charge is 2.32. The first-order chi connectivity index (χ1) is 12.2. The molecule has 2 aliphatic heterocycles. The Balaban J connectivity index is 0.000000880. The zero-order valence-corrected chi connectivity index (χ0v) is 15.7. The van der Waals surface area contributed by atoms with Crippen molar-refractivity contribution in [2.75, 3.05) is 6.54 Å². The number of hydrogen-bond acceptors (Lipinski definition) is 5. The Kier molecular flexibility index (Phi) is 5.60. The van der Waals surface area contributed by atoms with Gasteiger partial charge in [0.1, 0.15) is 5.84 Å². The molecule has 2 unspecified atom stereocenters. The summed E-state index contributed by atoms with van der Waals surface area (Å²) in [6.07, 6.45) is 2.17. The Labute approximate surface area is 152 Å². The Hall–Kier alpha value is -2.05. The number of rotatable bonds is 3. The molecule has 0 radical (unpaired) electrons. The predicted molar refractivity (Wildman–Crippen MR) is 103 cm³/mol. The monoisotopic (exact) mass is 356 g/mol. The summed E-state index contributed by atoms with van der Waals surface area (Å²) in [6, 6.07) is 7.85. The third-order valence-electron chi connectivity index (χ3n) is 4.39. The summed E-state index contributed by atoms with van der Waals surface area (Å²) in [5.74, 6) is 0.760. The van der Waals surface area contributed by atoms with Crippen molar-refractivity contribution in [2.24, 2.45) is 4.99 Å². The highest BCUT2D eigenvalue weighted by atomic mass is 32.1. The fraction of sp³-hybridized carbons (Fsp3) is 0.421. The number of thiazole rings is 1. The third-order valence-corrected chi connectivity index (χ3v) is 5.37. The van der Waals surface area contributed by atoms with Gasteiger partial charge in [0.05, 0.1) is 22.1 Å². The molecule has 132 valence electrons. The number of amidine groups is 1. The molecule has 0 spiro atoms. The van der Waals surface area contributed by atoms with Crippen molar-refractivity contribution in [3.05, 3.63) is 41.0 Å². The standard InChI is InChI=1S/C17H18N4OS.C2H6/c1-10-15(23-9-19-10)12-6-4-11(5-7-12)14-17(22)21-16(20-14)13-3-2-8-18-13;1-2/h4-7,9,13-14,18H,2-3,8H2,1H3,(H,20,21,22);1-2H3. The summed E-state index contributed by atoms with van der Waals surface area (Å²) >= 11 is 1.63. The zero-order valence-electron chi connectivity index (χ0n) is 14.9. The van der Waals surface area contributed by atoms with E-state index in [4.69, 9.17) is 0 Å². The van der Waals surface area contributed by atoms with E-state index in [1.165, 1.54) is 4.88 Å². The second-order valence-electron chi connectivity index (χ2n) is 5.94. The van der Waals surface area contributed by atoms with Gasteiger partial charge in [0.15, 0.2) is 6.04 Å². The lowest BCUT2D eigenvalue weighted by atomic mass is 10.0. The van der Waals surface area contributed by atoms with E-state index in [0.717, 1.165) is 42.0 Å². The summed E-state index contributed by atoms with van der Waals surface area (Å²) in [5, 5.41) is 6.31. The van der Waals surface area contributed by atoms with E-state index >= 15 is 0 Å². The third kappa shape index (κ3) is 3.65. The van der Waals surface area contributed by atoms with Gasteiger partial charge in [-0.05, 0) is 37.4 Å². The number of carbonyl (C=O) groups is 1. The molecule has 25 heavy (non-hydrogen) atoms. The minimum atomic E-state index is -0.427. The lowest BCUT2D eigenvalue weighted by molar-refractivity contribution is -0.120. The molecule has 2 atom stereocenters. The lowest BCUT2D eigenvalue weighted by Gasteiger charge is -2.08. The fourth-order valence-corrected chi connectivity index (χ4v) is 3.95. The topological polar surface area (TPSA) is 66.4 Å². The van der Waals surface area contributed by atoms with Gasteiger partial charge in [-0.1, -0.05) is 38.1 Å². The van der Waals surface area contributed by atoms with E-state index < -0.39 is 6.04 Å². The number of nitrogens with zero attached hydrogens (tertiary/aromatic N) is 2. The molecule has 2 aliphatic rings. The van der Waals surface area contributed by atoms with Crippen LogP contribution in [-0.2, 0) is 4.79 Å².